The van der Waals surface area contributed by atoms with E-state index in [2.05, 4.69) is 10.4 Å². The summed E-state index contributed by atoms with van der Waals surface area (Å²) >= 11 is 0. The number of carbonyl (C=O) groups is 2. The average Bonchev–Trinajstić information content (AvgIpc) is 3.00. The highest BCUT2D eigenvalue weighted by Crippen LogP contribution is 2.29. The normalized spacial score (nSPS) is 16.0. The Kier molecular flexibility index (Phi) is 5.63. The molecule has 6 heteroatoms. The van der Waals surface area contributed by atoms with Crippen molar-refractivity contribution >= 4 is 11.9 Å². The van der Waals surface area contributed by atoms with Gasteiger partial charge >= 0.3 is 5.97 Å². The van der Waals surface area contributed by atoms with Crippen molar-refractivity contribution in [3.63, 3.8) is 0 Å². The van der Waals surface area contributed by atoms with E-state index in [4.69, 9.17) is 4.74 Å². The van der Waals surface area contributed by atoms with Crippen LogP contribution in [0.4, 0.5) is 0 Å². The van der Waals surface area contributed by atoms with Gasteiger partial charge in [-0.05, 0) is 50.5 Å². The molecule has 1 aromatic heterocycles. The van der Waals surface area contributed by atoms with Crippen molar-refractivity contribution in [2.75, 3.05) is 7.11 Å². The van der Waals surface area contributed by atoms with Crippen molar-refractivity contribution in [2.24, 2.45) is 0 Å². The number of hydrogen-bond acceptors (Lipinski definition) is 4. The molecule has 1 aliphatic carbocycles. The summed E-state index contributed by atoms with van der Waals surface area (Å²) in [6, 6.07) is 9.80. The number of nitrogens with one attached hydrogen (secondary N) is 1. The minimum Gasteiger partial charge on any atom is -0.467 e. The summed E-state index contributed by atoms with van der Waals surface area (Å²) < 4.78 is 6.84. The molecule has 27 heavy (non-hydrogen) atoms. The zero-order valence-electron chi connectivity index (χ0n) is 16.2. The fourth-order valence-electron chi connectivity index (χ4n) is 3.87. The third-order valence-corrected chi connectivity index (χ3v) is 5.22. The molecule has 0 unspecified atom stereocenters. The van der Waals surface area contributed by atoms with E-state index in [1.54, 1.807) is 0 Å². The number of esters is 1. The third-order valence-electron chi connectivity index (χ3n) is 5.22. The summed E-state index contributed by atoms with van der Waals surface area (Å²) in [6.45, 7) is 3.97. The number of rotatable bonds is 5. The molecule has 3 rings (SSSR count). The van der Waals surface area contributed by atoms with Crippen LogP contribution in [0.1, 0.15) is 49.1 Å². The quantitative estimate of drug-likeness (QED) is 0.822. The molecule has 1 N–H and O–H groups in total. The Bertz CT molecular complexity index is 818. The van der Waals surface area contributed by atoms with Crippen LogP contribution in [0.5, 0.6) is 0 Å². The number of aryl methyl sites for hydroxylation is 2. The van der Waals surface area contributed by atoms with Gasteiger partial charge in [0.15, 0.2) is 0 Å². The van der Waals surface area contributed by atoms with E-state index in [-0.39, 0.29) is 18.3 Å². The van der Waals surface area contributed by atoms with E-state index in [0.717, 1.165) is 41.9 Å². The minimum atomic E-state index is -0.867. The molecule has 0 saturated heterocycles. The van der Waals surface area contributed by atoms with Crippen molar-refractivity contribution in [1.82, 2.24) is 15.1 Å². The lowest BCUT2D eigenvalue weighted by molar-refractivity contribution is -0.152. The highest BCUT2D eigenvalue weighted by Gasteiger charge is 2.41. The maximum atomic E-state index is 12.6. The van der Waals surface area contributed by atoms with Gasteiger partial charge < -0.3 is 10.1 Å². The molecule has 1 aromatic carbocycles. The molecule has 144 valence electrons. The van der Waals surface area contributed by atoms with E-state index in [0.29, 0.717) is 12.8 Å². The van der Waals surface area contributed by atoms with Crippen molar-refractivity contribution < 1.29 is 14.3 Å². The third kappa shape index (κ3) is 4.21. The molecule has 6 nitrogen and oxygen atoms in total. The second kappa shape index (κ2) is 7.94. The van der Waals surface area contributed by atoms with E-state index in [9.17, 15) is 9.59 Å². The molecule has 0 atom stereocenters. The zero-order chi connectivity index (χ0) is 19.4. The van der Waals surface area contributed by atoms with Gasteiger partial charge in [0.2, 0.25) is 5.91 Å². The molecule has 0 radical (unpaired) electrons. The highest BCUT2D eigenvalue weighted by molar-refractivity contribution is 5.89. The second-order valence-corrected chi connectivity index (χ2v) is 7.36. The van der Waals surface area contributed by atoms with Crippen LogP contribution < -0.4 is 5.32 Å². The van der Waals surface area contributed by atoms with Crippen molar-refractivity contribution in [3.05, 3.63) is 47.3 Å². The summed E-state index contributed by atoms with van der Waals surface area (Å²) in [5, 5.41) is 7.43. The number of benzene rings is 1. The predicted octanol–water partition coefficient (Wildman–Crippen LogP) is 3.02. The topological polar surface area (TPSA) is 73.2 Å². The van der Waals surface area contributed by atoms with E-state index < -0.39 is 5.54 Å². The summed E-state index contributed by atoms with van der Waals surface area (Å²) in [7, 11) is 1.38. The Morgan fingerprint density at radius 2 is 1.81 bits per heavy atom. The van der Waals surface area contributed by atoms with Gasteiger partial charge in [-0.2, -0.15) is 5.10 Å². The molecule has 1 aliphatic rings. The zero-order valence-corrected chi connectivity index (χ0v) is 16.2. The first-order valence-corrected chi connectivity index (χ1v) is 9.45. The summed E-state index contributed by atoms with van der Waals surface area (Å²) in [5.74, 6) is -0.489. The van der Waals surface area contributed by atoms with E-state index in [1.165, 1.54) is 7.11 Å². The Morgan fingerprint density at radius 3 is 2.37 bits per heavy atom. The van der Waals surface area contributed by atoms with Gasteiger partial charge in [0.1, 0.15) is 5.54 Å². The molecule has 0 aliphatic heterocycles. The molecule has 1 amide bonds. The fraction of sp³-hybridized carbons (Fsp3) is 0.476. The van der Waals surface area contributed by atoms with Gasteiger partial charge in [-0.3, -0.25) is 4.79 Å². The average molecular weight is 369 g/mol. The first kappa shape index (κ1) is 19.1. The molecular formula is C21H27N3O3. The van der Waals surface area contributed by atoms with Crippen LogP contribution in [-0.4, -0.2) is 34.3 Å². The number of hydrogen-bond donors (Lipinski definition) is 1. The van der Waals surface area contributed by atoms with E-state index >= 15 is 0 Å². The number of aromatic nitrogens is 2. The lowest BCUT2D eigenvalue weighted by atomic mass is 9.81. The monoisotopic (exact) mass is 369 g/mol. The predicted molar refractivity (Wildman–Crippen MR) is 103 cm³/mol. The summed E-state index contributed by atoms with van der Waals surface area (Å²) in [5.41, 5.74) is 3.02. The lowest BCUT2D eigenvalue weighted by Gasteiger charge is -2.35. The molecule has 1 saturated carbocycles. The van der Waals surface area contributed by atoms with Crippen LogP contribution in [0.15, 0.2) is 30.3 Å². The second-order valence-electron chi connectivity index (χ2n) is 7.36. The number of nitrogens with zero attached hydrogens (tertiary/aromatic N) is 2. The van der Waals surface area contributed by atoms with Gasteiger partial charge in [0.05, 0.1) is 24.9 Å². The minimum absolute atomic E-state index is 0.152. The largest absolute Gasteiger partial charge is 0.467 e. The molecule has 1 heterocycles. The van der Waals surface area contributed by atoms with Crippen molar-refractivity contribution in [2.45, 2.75) is 57.9 Å². The Morgan fingerprint density at radius 1 is 1.15 bits per heavy atom. The highest BCUT2D eigenvalue weighted by atomic mass is 16.5. The number of ether oxygens (including phenoxy) is 1. The van der Waals surface area contributed by atoms with Crippen LogP contribution in [0.3, 0.4) is 0 Å². The first-order valence-electron chi connectivity index (χ1n) is 9.45. The maximum absolute atomic E-state index is 12.6. The molecule has 1 fully saturated rings. The summed E-state index contributed by atoms with van der Waals surface area (Å²) in [6.07, 6.45) is 4.45. The van der Waals surface area contributed by atoms with Gasteiger partial charge in [-0.1, -0.05) is 31.4 Å². The van der Waals surface area contributed by atoms with Crippen LogP contribution in [-0.2, 0) is 20.7 Å². The standard InChI is InChI=1S/C21H27N3O3/c1-15-13-16(2)24(23-15)18-9-7-17(8-10-18)14-19(25)22-21(20(26)27-3)11-5-4-6-12-21/h7-10,13H,4-6,11-12,14H2,1-3H3,(H,22,25). The first-order chi connectivity index (χ1) is 12.9. The SMILES string of the molecule is COC(=O)C1(NC(=O)Cc2ccc(-n3nc(C)cc3C)cc2)CCCCC1. The number of amides is 1. The van der Waals surface area contributed by atoms with Gasteiger partial charge in [0, 0.05) is 5.69 Å². The molecule has 2 aromatic rings. The molecule has 0 bridgehead atoms. The van der Waals surface area contributed by atoms with Crippen molar-refractivity contribution in [1.29, 1.82) is 0 Å². The number of methoxy groups -OCH3 is 1. The lowest BCUT2D eigenvalue weighted by Crippen LogP contribution is -2.56. The van der Waals surface area contributed by atoms with Crippen LogP contribution in [0, 0.1) is 13.8 Å². The Labute approximate surface area is 159 Å². The van der Waals surface area contributed by atoms with Crippen molar-refractivity contribution in [3.8, 4) is 5.69 Å². The molecular weight excluding hydrogens is 342 g/mol. The Hall–Kier alpha value is -2.63. The molecule has 0 spiro atoms. The van der Waals surface area contributed by atoms with Crippen LogP contribution in [0.2, 0.25) is 0 Å². The van der Waals surface area contributed by atoms with Gasteiger partial charge in [-0.15, -0.1) is 0 Å². The summed E-state index contributed by atoms with van der Waals surface area (Å²) in [4.78, 5) is 24.8. The van der Waals surface area contributed by atoms with E-state index in [1.807, 2.05) is 48.9 Å². The van der Waals surface area contributed by atoms with Gasteiger partial charge in [0.25, 0.3) is 0 Å². The fourth-order valence-corrected chi connectivity index (χ4v) is 3.87. The number of carbonyl (C=O) groups excluding carboxylic acids is 2. The maximum Gasteiger partial charge on any atom is 0.331 e. The Balaban J connectivity index is 1.68. The van der Waals surface area contributed by atoms with Crippen LogP contribution >= 0.6 is 0 Å². The van der Waals surface area contributed by atoms with Gasteiger partial charge in [-0.25, -0.2) is 9.48 Å². The smallest absolute Gasteiger partial charge is 0.331 e. The van der Waals surface area contributed by atoms with Crippen LogP contribution in [0.25, 0.3) is 5.69 Å².